The monoisotopic (exact) mass is 287 g/mol. The second-order valence-electron chi connectivity index (χ2n) is 5.20. The molecular formula is C13H18FNO3S. The van der Waals surface area contributed by atoms with Crippen LogP contribution in [0, 0.1) is 24.6 Å². The lowest BCUT2D eigenvalue weighted by Gasteiger charge is -2.10. The van der Waals surface area contributed by atoms with Crippen molar-refractivity contribution in [1.29, 1.82) is 0 Å². The summed E-state index contributed by atoms with van der Waals surface area (Å²) in [7, 11) is -3.64. The molecule has 2 atom stereocenters. The Morgan fingerprint density at radius 1 is 1.47 bits per heavy atom. The number of hydrogen-bond acceptors (Lipinski definition) is 3. The van der Waals surface area contributed by atoms with E-state index in [1.54, 1.807) is 0 Å². The van der Waals surface area contributed by atoms with Crippen LogP contribution in [0.25, 0.3) is 0 Å². The van der Waals surface area contributed by atoms with Crippen molar-refractivity contribution in [2.24, 2.45) is 11.8 Å². The van der Waals surface area contributed by atoms with Gasteiger partial charge >= 0.3 is 0 Å². The first-order chi connectivity index (χ1) is 8.85. The van der Waals surface area contributed by atoms with Crippen molar-refractivity contribution in [2.45, 2.75) is 31.8 Å². The number of aliphatic hydroxyl groups excluding tert-OH is 1. The predicted octanol–water partition coefficient (Wildman–Crippen LogP) is 1.56. The number of aryl methyl sites for hydroxylation is 1. The SMILES string of the molecule is Cc1cc(S(=O)(=O)NCC2CC2C)cc(CO)c1F. The van der Waals surface area contributed by atoms with E-state index in [0.29, 0.717) is 18.4 Å². The summed E-state index contributed by atoms with van der Waals surface area (Å²) >= 11 is 0. The minimum absolute atomic E-state index is 0.000153. The molecule has 1 aromatic carbocycles. The standard InChI is InChI=1S/C13H18FNO3S/c1-8-3-10(8)6-15-19(17,18)12-4-9(2)13(14)11(5-12)7-16/h4-5,8,10,15-16H,3,6-7H2,1-2H3. The molecule has 1 aliphatic rings. The first-order valence-electron chi connectivity index (χ1n) is 6.24. The third kappa shape index (κ3) is 3.13. The molecule has 0 saturated heterocycles. The van der Waals surface area contributed by atoms with Crippen molar-refractivity contribution in [3.8, 4) is 0 Å². The molecule has 0 aromatic heterocycles. The third-order valence-corrected chi connectivity index (χ3v) is 5.00. The maximum absolute atomic E-state index is 13.6. The summed E-state index contributed by atoms with van der Waals surface area (Å²) in [5, 5.41) is 9.04. The molecule has 1 aromatic rings. The van der Waals surface area contributed by atoms with Crippen LogP contribution >= 0.6 is 0 Å². The first-order valence-corrected chi connectivity index (χ1v) is 7.73. The molecule has 2 N–H and O–H groups in total. The summed E-state index contributed by atoms with van der Waals surface area (Å²) < 4.78 is 40.3. The fourth-order valence-corrected chi connectivity index (χ4v) is 3.29. The van der Waals surface area contributed by atoms with Crippen LogP contribution in [0.1, 0.15) is 24.5 Å². The molecule has 0 bridgehead atoms. The molecular weight excluding hydrogens is 269 g/mol. The van der Waals surface area contributed by atoms with Crippen molar-refractivity contribution >= 4 is 10.0 Å². The Kier molecular flexibility index (Phi) is 3.94. The summed E-state index contributed by atoms with van der Waals surface area (Å²) in [6.45, 7) is 3.45. The van der Waals surface area contributed by atoms with Crippen LogP contribution in [0.15, 0.2) is 17.0 Å². The number of rotatable bonds is 5. The van der Waals surface area contributed by atoms with Gasteiger partial charge in [0.25, 0.3) is 0 Å². The normalized spacial score (nSPS) is 22.5. The second kappa shape index (κ2) is 5.19. The van der Waals surface area contributed by atoms with Crippen LogP contribution in [-0.4, -0.2) is 20.1 Å². The van der Waals surface area contributed by atoms with Crippen LogP contribution in [0.3, 0.4) is 0 Å². The smallest absolute Gasteiger partial charge is 0.240 e. The maximum Gasteiger partial charge on any atom is 0.240 e. The molecule has 0 radical (unpaired) electrons. The number of hydrogen-bond donors (Lipinski definition) is 2. The van der Waals surface area contributed by atoms with Crippen LogP contribution in [-0.2, 0) is 16.6 Å². The van der Waals surface area contributed by atoms with E-state index >= 15 is 0 Å². The lowest BCUT2D eigenvalue weighted by atomic mass is 10.1. The summed E-state index contributed by atoms with van der Waals surface area (Å²) in [6, 6.07) is 2.47. The number of benzene rings is 1. The molecule has 1 aliphatic carbocycles. The molecule has 4 nitrogen and oxygen atoms in total. The van der Waals surface area contributed by atoms with E-state index in [4.69, 9.17) is 5.11 Å². The molecule has 6 heteroatoms. The van der Waals surface area contributed by atoms with Gasteiger partial charge in [-0.1, -0.05) is 6.92 Å². The summed E-state index contributed by atoms with van der Waals surface area (Å²) in [6.07, 6.45) is 1.03. The van der Waals surface area contributed by atoms with Gasteiger partial charge in [-0.15, -0.1) is 0 Å². The Morgan fingerprint density at radius 3 is 2.63 bits per heavy atom. The molecule has 1 saturated carbocycles. The van der Waals surface area contributed by atoms with Gasteiger partial charge < -0.3 is 5.11 Å². The molecule has 0 aliphatic heterocycles. The highest BCUT2D eigenvalue weighted by atomic mass is 32.2. The summed E-state index contributed by atoms with van der Waals surface area (Å²) in [4.78, 5) is 0.00348. The van der Waals surface area contributed by atoms with E-state index in [9.17, 15) is 12.8 Å². The molecule has 19 heavy (non-hydrogen) atoms. The minimum Gasteiger partial charge on any atom is -0.392 e. The Balaban J connectivity index is 2.22. The van der Waals surface area contributed by atoms with E-state index in [2.05, 4.69) is 11.6 Å². The summed E-state index contributed by atoms with van der Waals surface area (Å²) in [5.74, 6) is 0.400. The fraction of sp³-hybridized carbons (Fsp3) is 0.538. The van der Waals surface area contributed by atoms with Crippen LogP contribution < -0.4 is 4.72 Å². The van der Waals surface area contributed by atoms with Gasteiger partial charge in [-0.2, -0.15) is 0 Å². The predicted molar refractivity (Wildman–Crippen MR) is 69.5 cm³/mol. The van der Waals surface area contributed by atoms with Gasteiger partial charge in [-0.3, -0.25) is 0 Å². The molecule has 106 valence electrons. The number of nitrogens with one attached hydrogen (secondary N) is 1. The highest BCUT2D eigenvalue weighted by Crippen LogP contribution is 2.37. The average Bonchev–Trinajstić information content (AvgIpc) is 3.06. The molecule has 2 rings (SSSR count). The van der Waals surface area contributed by atoms with Gasteiger partial charge in [-0.25, -0.2) is 17.5 Å². The molecule has 0 heterocycles. The zero-order valence-electron chi connectivity index (χ0n) is 11.0. The van der Waals surface area contributed by atoms with Crippen LogP contribution in [0.2, 0.25) is 0 Å². The average molecular weight is 287 g/mol. The Morgan fingerprint density at radius 2 is 2.11 bits per heavy atom. The van der Waals surface area contributed by atoms with E-state index in [0.717, 1.165) is 6.42 Å². The topological polar surface area (TPSA) is 66.4 Å². The van der Waals surface area contributed by atoms with Gasteiger partial charge in [0.15, 0.2) is 0 Å². The van der Waals surface area contributed by atoms with Gasteiger partial charge in [0.1, 0.15) is 5.82 Å². The molecule has 0 spiro atoms. The number of aliphatic hydroxyl groups is 1. The van der Waals surface area contributed by atoms with Crippen molar-refractivity contribution in [3.63, 3.8) is 0 Å². The van der Waals surface area contributed by atoms with Crippen LogP contribution in [0.5, 0.6) is 0 Å². The maximum atomic E-state index is 13.6. The van der Waals surface area contributed by atoms with Gasteiger partial charge in [0.2, 0.25) is 10.0 Å². The molecule has 1 fully saturated rings. The Hall–Kier alpha value is -0.980. The van der Waals surface area contributed by atoms with Crippen molar-refractivity contribution in [1.82, 2.24) is 4.72 Å². The fourth-order valence-electron chi connectivity index (χ4n) is 2.06. The highest BCUT2D eigenvalue weighted by molar-refractivity contribution is 7.89. The highest BCUT2D eigenvalue weighted by Gasteiger charge is 2.33. The van der Waals surface area contributed by atoms with Gasteiger partial charge in [-0.05, 0) is 42.9 Å². The number of sulfonamides is 1. The molecule has 2 unspecified atom stereocenters. The third-order valence-electron chi connectivity index (χ3n) is 3.60. The van der Waals surface area contributed by atoms with E-state index in [-0.39, 0.29) is 16.0 Å². The molecule has 0 amide bonds. The van der Waals surface area contributed by atoms with E-state index in [1.165, 1.54) is 19.1 Å². The zero-order valence-corrected chi connectivity index (χ0v) is 11.8. The Labute approximate surface area is 112 Å². The zero-order chi connectivity index (χ0) is 14.2. The first kappa shape index (κ1) is 14.4. The van der Waals surface area contributed by atoms with Crippen molar-refractivity contribution < 1.29 is 17.9 Å². The van der Waals surface area contributed by atoms with Crippen LogP contribution in [0.4, 0.5) is 4.39 Å². The summed E-state index contributed by atoms with van der Waals surface area (Å²) in [5.41, 5.74) is 0.215. The van der Waals surface area contributed by atoms with Gasteiger partial charge in [0, 0.05) is 12.1 Å². The lowest BCUT2D eigenvalue weighted by Crippen LogP contribution is -2.26. The van der Waals surface area contributed by atoms with Gasteiger partial charge in [0.05, 0.1) is 11.5 Å². The van der Waals surface area contributed by atoms with E-state index in [1.807, 2.05) is 0 Å². The number of halogens is 1. The quantitative estimate of drug-likeness (QED) is 0.863. The largest absolute Gasteiger partial charge is 0.392 e. The van der Waals surface area contributed by atoms with Crippen molar-refractivity contribution in [3.05, 3.63) is 29.1 Å². The lowest BCUT2D eigenvalue weighted by molar-refractivity contribution is 0.275. The second-order valence-corrected chi connectivity index (χ2v) is 6.96. The van der Waals surface area contributed by atoms with Crippen molar-refractivity contribution in [2.75, 3.05) is 6.54 Å². The van der Waals surface area contributed by atoms with E-state index < -0.39 is 22.4 Å². The minimum atomic E-state index is -3.64. The Bertz CT molecular complexity index is 586.